The smallest absolute Gasteiger partial charge is 0.229 e. The number of halogens is 1. The van der Waals surface area contributed by atoms with Gasteiger partial charge in [0.1, 0.15) is 17.4 Å². The first kappa shape index (κ1) is 16.4. The highest BCUT2D eigenvalue weighted by atomic mass is 35.5. The predicted octanol–water partition coefficient (Wildman–Crippen LogP) is 4.16. The number of aromatic nitrogens is 1. The van der Waals surface area contributed by atoms with E-state index in [2.05, 4.69) is 4.98 Å². The normalized spacial score (nSPS) is 16.3. The SMILES string of the molecule is CN(Cc1nc2ccccc2s1)C(=O)[C@@H]1COc2ccc(Cl)cc2C1. The molecule has 4 rings (SSSR count). The molecule has 1 amide bonds. The fraction of sp³-hybridized carbons (Fsp3) is 0.263. The van der Waals surface area contributed by atoms with Crippen LogP contribution in [0.1, 0.15) is 10.6 Å². The van der Waals surface area contributed by atoms with Crippen molar-refractivity contribution in [2.45, 2.75) is 13.0 Å². The van der Waals surface area contributed by atoms with Crippen molar-refractivity contribution in [3.8, 4) is 5.75 Å². The van der Waals surface area contributed by atoms with E-state index in [0.717, 1.165) is 26.5 Å². The molecule has 0 aliphatic carbocycles. The molecule has 4 nitrogen and oxygen atoms in total. The number of carbonyl (C=O) groups excluding carboxylic acids is 1. The van der Waals surface area contributed by atoms with Crippen molar-refractivity contribution in [1.82, 2.24) is 9.88 Å². The monoisotopic (exact) mass is 372 g/mol. The number of carbonyl (C=O) groups is 1. The molecule has 0 saturated carbocycles. The molecule has 0 N–H and O–H groups in total. The van der Waals surface area contributed by atoms with E-state index in [-0.39, 0.29) is 11.8 Å². The Bertz CT molecular complexity index is 907. The Morgan fingerprint density at radius 2 is 2.20 bits per heavy atom. The largest absolute Gasteiger partial charge is 0.492 e. The molecular weight excluding hydrogens is 356 g/mol. The lowest BCUT2D eigenvalue weighted by Gasteiger charge is -2.28. The molecule has 1 aliphatic rings. The number of nitrogens with zero attached hydrogens (tertiary/aromatic N) is 2. The van der Waals surface area contributed by atoms with Gasteiger partial charge in [-0.15, -0.1) is 11.3 Å². The van der Waals surface area contributed by atoms with Crippen LogP contribution in [0.5, 0.6) is 5.75 Å². The third-order valence-electron chi connectivity index (χ3n) is 4.36. The molecule has 0 spiro atoms. The lowest BCUT2D eigenvalue weighted by molar-refractivity contribution is -0.136. The fourth-order valence-corrected chi connectivity index (χ4v) is 4.32. The minimum atomic E-state index is -0.189. The van der Waals surface area contributed by atoms with Crippen LogP contribution in [0.4, 0.5) is 0 Å². The van der Waals surface area contributed by atoms with Crippen LogP contribution < -0.4 is 4.74 Å². The highest BCUT2D eigenvalue weighted by Gasteiger charge is 2.28. The molecule has 2 heterocycles. The van der Waals surface area contributed by atoms with Crippen LogP contribution in [0, 0.1) is 5.92 Å². The van der Waals surface area contributed by atoms with E-state index in [1.165, 1.54) is 0 Å². The summed E-state index contributed by atoms with van der Waals surface area (Å²) < 4.78 is 6.88. The maximum atomic E-state index is 12.8. The van der Waals surface area contributed by atoms with Gasteiger partial charge in [0.15, 0.2) is 0 Å². The molecular formula is C19H17ClN2O2S. The number of para-hydroxylation sites is 1. The van der Waals surface area contributed by atoms with Gasteiger partial charge in [-0.25, -0.2) is 4.98 Å². The molecule has 2 aromatic carbocycles. The average molecular weight is 373 g/mol. The van der Waals surface area contributed by atoms with E-state index < -0.39 is 0 Å². The van der Waals surface area contributed by atoms with Gasteiger partial charge < -0.3 is 9.64 Å². The summed E-state index contributed by atoms with van der Waals surface area (Å²) in [5.74, 6) is 0.706. The highest BCUT2D eigenvalue weighted by Crippen LogP contribution is 2.31. The molecule has 0 unspecified atom stereocenters. The Balaban J connectivity index is 1.47. The number of rotatable bonds is 3. The van der Waals surface area contributed by atoms with Crippen LogP contribution in [-0.4, -0.2) is 29.4 Å². The van der Waals surface area contributed by atoms with Gasteiger partial charge in [-0.05, 0) is 42.3 Å². The van der Waals surface area contributed by atoms with Gasteiger partial charge in [0.25, 0.3) is 0 Å². The van der Waals surface area contributed by atoms with Gasteiger partial charge in [0.2, 0.25) is 5.91 Å². The Labute approximate surface area is 155 Å². The van der Waals surface area contributed by atoms with Gasteiger partial charge in [-0.1, -0.05) is 23.7 Å². The number of ether oxygens (including phenoxy) is 1. The first-order chi connectivity index (χ1) is 12.1. The molecule has 6 heteroatoms. The summed E-state index contributed by atoms with van der Waals surface area (Å²) >= 11 is 7.68. The summed E-state index contributed by atoms with van der Waals surface area (Å²) in [5, 5.41) is 1.61. The van der Waals surface area contributed by atoms with Crippen LogP contribution in [0.3, 0.4) is 0 Å². The van der Waals surface area contributed by atoms with Crippen LogP contribution in [0.2, 0.25) is 5.02 Å². The molecule has 1 aromatic heterocycles. The fourth-order valence-electron chi connectivity index (χ4n) is 3.10. The number of hydrogen-bond acceptors (Lipinski definition) is 4. The van der Waals surface area contributed by atoms with E-state index in [4.69, 9.17) is 16.3 Å². The average Bonchev–Trinajstić information content (AvgIpc) is 3.02. The second-order valence-electron chi connectivity index (χ2n) is 6.23. The Kier molecular flexibility index (Phi) is 4.36. The predicted molar refractivity (Wildman–Crippen MR) is 100 cm³/mol. The van der Waals surface area contributed by atoms with E-state index in [0.29, 0.717) is 24.6 Å². The summed E-state index contributed by atoms with van der Waals surface area (Å²) in [7, 11) is 1.82. The lowest BCUT2D eigenvalue weighted by atomic mass is 9.95. The van der Waals surface area contributed by atoms with Crippen molar-refractivity contribution in [3.05, 3.63) is 58.1 Å². The molecule has 0 radical (unpaired) electrons. The van der Waals surface area contributed by atoms with Crippen LogP contribution in [-0.2, 0) is 17.8 Å². The second-order valence-corrected chi connectivity index (χ2v) is 7.79. The number of hydrogen-bond donors (Lipinski definition) is 0. The summed E-state index contributed by atoms with van der Waals surface area (Å²) in [6.07, 6.45) is 0.652. The Morgan fingerprint density at radius 3 is 3.04 bits per heavy atom. The summed E-state index contributed by atoms with van der Waals surface area (Å²) in [6.45, 7) is 0.911. The third-order valence-corrected chi connectivity index (χ3v) is 5.62. The van der Waals surface area contributed by atoms with E-state index >= 15 is 0 Å². The van der Waals surface area contributed by atoms with Crippen LogP contribution in [0.15, 0.2) is 42.5 Å². The van der Waals surface area contributed by atoms with Gasteiger partial charge >= 0.3 is 0 Å². The molecule has 1 aliphatic heterocycles. The molecule has 25 heavy (non-hydrogen) atoms. The zero-order valence-electron chi connectivity index (χ0n) is 13.7. The molecule has 1 atom stereocenters. The van der Waals surface area contributed by atoms with E-state index in [1.54, 1.807) is 16.2 Å². The van der Waals surface area contributed by atoms with Crippen molar-refractivity contribution in [3.63, 3.8) is 0 Å². The van der Waals surface area contributed by atoms with E-state index in [9.17, 15) is 4.79 Å². The van der Waals surface area contributed by atoms with Crippen molar-refractivity contribution >= 4 is 39.1 Å². The third kappa shape index (κ3) is 3.34. The number of thiazole rings is 1. The highest BCUT2D eigenvalue weighted by molar-refractivity contribution is 7.18. The maximum Gasteiger partial charge on any atom is 0.229 e. The van der Waals surface area contributed by atoms with Crippen molar-refractivity contribution in [2.75, 3.05) is 13.7 Å². The first-order valence-corrected chi connectivity index (χ1v) is 9.30. The quantitative estimate of drug-likeness (QED) is 0.693. The number of fused-ring (bicyclic) bond motifs is 2. The molecule has 0 fully saturated rings. The van der Waals surface area contributed by atoms with Crippen molar-refractivity contribution in [1.29, 1.82) is 0 Å². The van der Waals surface area contributed by atoms with Gasteiger partial charge in [-0.3, -0.25) is 4.79 Å². The molecule has 3 aromatic rings. The Morgan fingerprint density at radius 1 is 1.36 bits per heavy atom. The second kappa shape index (κ2) is 6.65. The van der Waals surface area contributed by atoms with Gasteiger partial charge in [0.05, 0.1) is 22.7 Å². The van der Waals surface area contributed by atoms with E-state index in [1.807, 2.05) is 49.5 Å². The lowest BCUT2D eigenvalue weighted by Crippen LogP contribution is -2.38. The van der Waals surface area contributed by atoms with Crippen molar-refractivity contribution in [2.24, 2.45) is 5.92 Å². The summed E-state index contributed by atoms with van der Waals surface area (Å²) in [6, 6.07) is 13.6. The number of amides is 1. The first-order valence-electron chi connectivity index (χ1n) is 8.11. The van der Waals surface area contributed by atoms with Gasteiger partial charge in [0, 0.05) is 12.1 Å². The standard InChI is InChI=1S/C19H17ClN2O2S/c1-22(10-18-21-15-4-2-3-5-17(15)25-18)19(23)13-8-12-9-14(20)6-7-16(12)24-11-13/h2-7,9,13H,8,10-11H2,1H3/t13-/m0/s1. The van der Waals surface area contributed by atoms with Crippen LogP contribution in [0.25, 0.3) is 10.2 Å². The number of benzene rings is 2. The maximum absolute atomic E-state index is 12.8. The Hall–Kier alpha value is -2.11. The minimum absolute atomic E-state index is 0.0740. The van der Waals surface area contributed by atoms with Crippen molar-refractivity contribution < 1.29 is 9.53 Å². The summed E-state index contributed by atoms with van der Waals surface area (Å²) in [5.41, 5.74) is 1.97. The zero-order chi connectivity index (χ0) is 17.4. The topological polar surface area (TPSA) is 42.4 Å². The molecule has 128 valence electrons. The van der Waals surface area contributed by atoms with Crippen LogP contribution >= 0.6 is 22.9 Å². The minimum Gasteiger partial charge on any atom is -0.492 e. The zero-order valence-corrected chi connectivity index (χ0v) is 15.3. The molecule has 0 saturated heterocycles. The summed E-state index contributed by atoms with van der Waals surface area (Å²) in [4.78, 5) is 19.1. The van der Waals surface area contributed by atoms with Gasteiger partial charge in [-0.2, -0.15) is 0 Å². The molecule has 0 bridgehead atoms.